The average Bonchev–Trinajstić information content (AvgIpc) is 2.39. The molecule has 0 amide bonds. The third-order valence-corrected chi connectivity index (χ3v) is 5.99. The summed E-state index contributed by atoms with van der Waals surface area (Å²) < 4.78 is 27.3. The molecule has 1 fully saturated rings. The van der Waals surface area contributed by atoms with Crippen molar-refractivity contribution >= 4 is 39.0 Å². The van der Waals surface area contributed by atoms with Crippen molar-refractivity contribution in [2.75, 3.05) is 11.5 Å². The van der Waals surface area contributed by atoms with Gasteiger partial charge < -0.3 is 5.73 Å². The van der Waals surface area contributed by atoms with Gasteiger partial charge >= 0.3 is 0 Å². The molecule has 0 radical (unpaired) electrons. The molecule has 1 saturated heterocycles. The molecule has 7 heteroatoms. The van der Waals surface area contributed by atoms with Crippen molar-refractivity contribution in [2.24, 2.45) is 5.73 Å². The van der Waals surface area contributed by atoms with Gasteiger partial charge in [0.25, 0.3) is 0 Å². The standard InChI is InChI=1S/C13H18N2O2S3/c14-13(18)8-10-3-5-12(6-4-10)20(16,17)15-11-2-1-7-19-9-11/h3-6,11,15H,1-2,7-9H2,(H2,14,18). The van der Waals surface area contributed by atoms with Crippen LogP contribution in [0.4, 0.5) is 0 Å². The van der Waals surface area contributed by atoms with Gasteiger partial charge in [0.05, 0.1) is 9.88 Å². The molecule has 0 saturated carbocycles. The second-order valence-electron chi connectivity index (χ2n) is 4.82. The fourth-order valence-corrected chi connectivity index (χ4v) is 4.72. The summed E-state index contributed by atoms with van der Waals surface area (Å²) in [7, 11) is -3.43. The Morgan fingerprint density at radius 1 is 1.40 bits per heavy atom. The van der Waals surface area contributed by atoms with Crippen LogP contribution in [0.2, 0.25) is 0 Å². The molecule has 0 aliphatic carbocycles. The minimum absolute atomic E-state index is 0.0371. The second-order valence-corrected chi connectivity index (χ2v) is 8.21. The predicted molar refractivity (Wildman–Crippen MR) is 87.6 cm³/mol. The zero-order valence-electron chi connectivity index (χ0n) is 11.0. The summed E-state index contributed by atoms with van der Waals surface area (Å²) in [5, 5.41) is 0. The molecular weight excluding hydrogens is 312 g/mol. The molecule has 2 rings (SSSR count). The molecule has 1 aliphatic rings. The van der Waals surface area contributed by atoms with Gasteiger partial charge in [-0.2, -0.15) is 11.8 Å². The van der Waals surface area contributed by atoms with Crippen LogP contribution in [0.15, 0.2) is 29.2 Å². The first-order valence-electron chi connectivity index (χ1n) is 6.45. The summed E-state index contributed by atoms with van der Waals surface area (Å²) in [6.07, 6.45) is 2.46. The smallest absolute Gasteiger partial charge is 0.240 e. The highest BCUT2D eigenvalue weighted by Crippen LogP contribution is 2.19. The van der Waals surface area contributed by atoms with Gasteiger partial charge in [0.1, 0.15) is 0 Å². The van der Waals surface area contributed by atoms with Gasteiger partial charge in [-0.25, -0.2) is 13.1 Å². The van der Waals surface area contributed by atoms with Gasteiger partial charge in [0.15, 0.2) is 0 Å². The van der Waals surface area contributed by atoms with Gasteiger partial charge in [-0.1, -0.05) is 24.4 Å². The first-order chi connectivity index (χ1) is 9.47. The fraction of sp³-hybridized carbons (Fsp3) is 0.462. The fourth-order valence-electron chi connectivity index (χ4n) is 2.11. The normalized spacial score (nSPS) is 19.7. The Hall–Kier alpha value is -0.630. The minimum Gasteiger partial charge on any atom is -0.393 e. The summed E-state index contributed by atoms with van der Waals surface area (Å²) in [5.41, 5.74) is 6.39. The van der Waals surface area contributed by atoms with E-state index in [9.17, 15) is 8.42 Å². The first-order valence-corrected chi connectivity index (χ1v) is 9.49. The molecule has 0 spiro atoms. The van der Waals surface area contributed by atoms with E-state index in [1.165, 1.54) is 0 Å². The number of hydrogen-bond acceptors (Lipinski definition) is 4. The van der Waals surface area contributed by atoms with Crippen LogP contribution < -0.4 is 10.5 Å². The lowest BCUT2D eigenvalue weighted by Gasteiger charge is -2.22. The van der Waals surface area contributed by atoms with Crippen LogP contribution in [0, 0.1) is 0 Å². The van der Waals surface area contributed by atoms with Crippen LogP contribution in [0.25, 0.3) is 0 Å². The van der Waals surface area contributed by atoms with E-state index in [0.29, 0.717) is 16.3 Å². The van der Waals surface area contributed by atoms with Crippen molar-refractivity contribution in [2.45, 2.75) is 30.2 Å². The van der Waals surface area contributed by atoms with Gasteiger partial charge in [-0.05, 0) is 36.3 Å². The van der Waals surface area contributed by atoms with Crippen molar-refractivity contribution in [3.63, 3.8) is 0 Å². The Kier molecular flexibility index (Phi) is 5.42. The summed E-state index contributed by atoms with van der Waals surface area (Å²) in [5.74, 6) is 1.96. The Labute approximate surface area is 129 Å². The molecule has 3 N–H and O–H groups in total. The number of nitrogens with one attached hydrogen (secondary N) is 1. The van der Waals surface area contributed by atoms with Gasteiger partial charge in [-0.3, -0.25) is 0 Å². The zero-order chi connectivity index (χ0) is 14.6. The Morgan fingerprint density at radius 3 is 2.65 bits per heavy atom. The molecule has 110 valence electrons. The lowest BCUT2D eigenvalue weighted by Crippen LogP contribution is -2.38. The molecular formula is C13H18N2O2S3. The van der Waals surface area contributed by atoms with Gasteiger partial charge in [0, 0.05) is 18.2 Å². The van der Waals surface area contributed by atoms with Crippen LogP contribution in [-0.4, -0.2) is 31.0 Å². The lowest BCUT2D eigenvalue weighted by molar-refractivity contribution is 0.543. The quantitative estimate of drug-likeness (QED) is 0.804. The number of thiocarbonyl (C=S) groups is 1. The SMILES string of the molecule is NC(=S)Cc1ccc(S(=O)(=O)NC2CCCSC2)cc1. The van der Waals surface area contributed by atoms with Crippen molar-refractivity contribution < 1.29 is 8.42 Å². The summed E-state index contributed by atoms with van der Waals surface area (Å²) in [6, 6.07) is 6.75. The lowest BCUT2D eigenvalue weighted by atomic mass is 10.1. The highest BCUT2D eigenvalue weighted by molar-refractivity contribution is 7.99. The molecule has 0 aromatic heterocycles. The topological polar surface area (TPSA) is 72.2 Å². The maximum absolute atomic E-state index is 12.3. The largest absolute Gasteiger partial charge is 0.393 e. The Morgan fingerprint density at radius 2 is 2.10 bits per heavy atom. The summed E-state index contributed by atoms with van der Waals surface area (Å²) in [4.78, 5) is 0.692. The van der Waals surface area contributed by atoms with Crippen molar-refractivity contribution in [1.82, 2.24) is 4.72 Å². The molecule has 20 heavy (non-hydrogen) atoms. The average molecular weight is 331 g/mol. The molecule has 0 bridgehead atoms. The van der Waals surface area contributed by atoms with E-state index in [1.807, 2.05) is 0 Å². The van der Waals surface area contributed by atoms with E-state index in [4.69, 9.17) is 18.0 Å². The Balaban J connectivity index is 2.06. The number of hydrogen-bond donors (Lipinski definition) is 2. The molecule has 1 aromatic rings. The molecule has 1 unspecified atom stereocenters. The summed E-state index contributed by atoms with van der Waals surface area (Å²) in [6.45, 7) is 0. The third-order valence-electron chi connectivity index (χ3n) is 3.09. The van der Waals surface area contributed by atoms with E-state index in [0.717, 1.165) is 29.9 Å². The highest BCUT2D eigenvalue weighted by Gasteiger charge is 2.21. The molecule has 1 atom stereocenters. The number of thioether (sulfide) groups is 1. The molecule has 1 heterocycles. The van der Waals surface area contributed by atoms with Crippen molar-refractivity contribution in [1.29, 1.82) is 0 Å². The number of rotatable bonds is 5. The number of benzene rings is 1. The summed E-state index contributed by atoms with van der Waals surface area (Å²) >= 11 is 6.63. The van der Waals surface area contributed by atoms with E-state index in [-0.39, 0.29) is 6.04 Å². The number of sulfonamides is 1. The van der Waals surface area contributed by atoms with Crippen LogP contribution in [0.3, 0.4) is 0 Å². The van der Waals surface area contributed by atoms with Gasteiger partial charge in [-0.15, -0.1) is 0 Å². The number of nitrogens with two attached hydrogens (primary N) is 1. The zero-order valence-corrected chi connectivity index (χ0v) is 13.5. The van der Waals surface area contributed by atoms with E-state index in [1.54, 1.807) is 36.0 Å². The van der Waals surface area contributed by atoms with E-state index in [2.05, 4.69) is 4.72 Å². The first kappa shape index (κ1) is 15.8. The van der Waals surface area contributed by atoms with Gasteiger partial charge in [0.2, 0.25) is 10.0 Å². The minimum atomic E-state index is -3.43. The second kappa shape index (κ2) is 6.89. The van der Waals surface area contributed by atoms with Crippen LogP contribution in [0.1, 0.15) is 18.4 Å². The third kappa shape index (κ3) is 4.44. The monoisotopic (exact) mass is 330 g/mol. The maximum Gasteiger partial charge on any atom is 0.240 e. The molecule has 1 aliphatic heterocycles. The van der Waals surface area contributed by atoms with Crippen LogP contribution in [0.5, 0.6) is 0 Å². The maximum atomic E-state index is 12.3. The molecule has 4 nitrogen and oxygen atoms in total. The van der Waals surface area contributed by atoms with Crippen molar-refractivity contribution in [3.8, 4) is 0 Å². The van der Waals surface area contributed by atoms with Crippen LogP contribution in [-0.2, 0) is 16.4 Å². The van der Waals surface area contributed by atoms with E-state index >= 15 is 0 Å². The van der Waals surface area contributed by atoms with Crippen LogP contribution >= 0.6 is 24.0 Å². The Bertz CT molecular complexity index is 564. The van der Waals surface area contributed by atoms with Crippen molar-refractivity contribution in [3.05, 3.63) is 29.8 Å². The highest BCUT2D eigenvalue weighted by atomic mass is 32.2. The predicted octanol–water partition coefficient (Wildman–Crippen LogP) is 1.69. The molecule has 1 aromatic carbocycles. The van der Waals surface area contributed by atoms with E-state index < -0.39 is 10.0 Å².